The maximum Gasteiger partial charge on any atom is 0.273 e. The zero-order chi connectivity index (χ0) is 20.7. The van der Waals surface area contributed by atoms with Gasteiger partial charge in [-0.25, -0.2) is 4.98 Å². The minimum absolute atomic E-state index is 0.0706. The fourth-order valence-corrected chi connectivity index (χ4v) is 3.95. The predicted molar refractivity (Wildman–Crippen MR) is 113 cm³/mol. The first-order valence-electron chi connectivity index (χ1n) is 9.91. The highest BCUT2D eigenvalue weighted by atomic mass is 16.2. The Kier molecular flexibility index (Phi) is 4.43. The Morgan fingerprint density at radius 2 is 2.03 bits per heavy atom. The topological polar surface area (TPSA) is 68.8 Å². The number of hydrogen-bond donors (Lipinski definition) is 0. The molecule has 1 aliphatic rings. The number of pyridine rings is 2. The van der Waals surface area contributed by atoms with E-state index in [2.05, 4.69) is 20.6 Å². The summed E-state index contributed by atoms with van der Waals surface area (Å²) in [5, 5.41) is 4.86. The van der Waals surface area contributed by atoms with E-state index < -0.39 is 0 Å². The van der Waals surface area contributed by atoms with Gasteiger partial charge in [-0.15, -0.1) is 0 Å². The molecule has 0 aliphatic carbocycles. The van der Waals surface area contributed by atoms with Gasteiger partial charge >= 0.3 is 0 Å². The SMILES string of the molecule is Cc1cccc(C(=O)N2Cc3cn(Cc4cccnc4)nc3-c3ccn(C)c3C2)n1. The van der Waals surface area contributed by atoms with Gasteiger partial charge in [0.1, 0.15) is 5.69 Å². The van der Waals surface area contributed by atoms with E-state index in [0.717, 1.165) is 33.8 Å². The molecule has 4 aromatic heterocycles. The molecule has 30 heavy (non-hydrogen) atoms. The molecule has 150 valence electrons. The van der Waals surface area contributed by atoms with Crippen molar-refractivity contribution in [3.8, 4) is 11.3 Å². The van der Waals surface area contributed by atoms with E-state index in [-0.39, 0.29) is 5.91 Å². The molecule has 0 spiro atoms. The standard InChI is InChI=1S/C23H22N6O/c1-16-5-3-7-20(25-16)23(30)28-13-18-14-29(12-17-6-4-9-24-11-17)26-22(18)19-8-10-27(2)21(19)15-28/h3-11,14H,12-13,15H2,1-2H3. The summed E-state index contributed by atoms with van der Waals surface area (Å²) in [5.74, 6) is -0.0706. The van der Waals surface area contributed by atoms with Crippen molar-refractivity contribution in [1.29, 1.82) is 0 Å². The molecule has 5 rings (SSSR count). The summed E-state index contributed by atoms with van der Waals surface area (Å²) >= 11 is 0. The van der Waals surface area contributed by atoms with Gasteiger partial charge < -0.3 is 9.47 Å². The zero-order valence-corrected chi connectivity index (χ0v) is 17.0. The Morgan fingerprint density at radius 1 is 1.13 bits per heavy atom. The van der Waals surface area contributed by atoms with Gasteiger partial charge in [0.25, 0.3) is 5.91 Å². The predicted octanol–water partition coefficient (Wildman–Crippen LogP) is 3.19. The fourth-order valence-electron chi connectivity index (χ4n) is 3.95. The summed E-state index contributed by atoms with van der Waals surface area (Å²) in [6, 6.07) is 11.6. The number of rotatable bonds is 3. The van der Waals surface area contributed by atoms with Crippen LogP contribution >= 0.6 is 0 Å². The molecule has 7 heteroatoms. The molecular formula is C23H22N6O. The number of aromatic nitrogens is 5. The van der Waals surface area contributed by atoms with Crippen LogP contribution in [0.15, 0.2) is 61.2 Å². The van der Waals surface area contributed by atoms with E-state index in [4.69, 9.17) is 5.10 Å². The second kappa shape index (κ2) is 7.26. The summed E-state index contributed by atoms with van der Waals surface area (Å²) in [7, 11) is 2.00. The average Bonchev–Trinajstić information content (AvgIpc) is 3.26. The van der Waals surface area contributed by atoms with Gasteiger partial charge in [-0.1, -0.05) is 12.1 Å². The molecule has 4 aromatic rings. The van der Waals surface area contributed by atoms with Crippen LogP contribution in [0.3, 0.4) is 0 Å². The van der Waals surface area contributed by atoms with Gasteiger partial charge in [-0.3, -0.25) is 14.5 Å². The van der Waals surface area contributed by atoms with Crippen molar-refractivity contribution < 1.29 is 4.79 Å². The third kappa shape index (κ3) is 3.28. The highest BCUT2D eigenvalue weighted by molar-refractivity contribution is 5.92. The minimum Gasteiger partial charge on any atom is -0.352 e. The van der Waals surface area contributed by atoms with Crippen molar-refractivity contribution >= 4 is 5.91 Å². The van der Waals surface area contributed by atoms with Crippen molar-refractivity contribution in [2.75, 3.05) is 0 Å². The van der Waals surface area contributed by atoms with Crippen molar-refractivity contribution in [3.63, 3.8) is 0 Å². The van der Waals surface area contributed by atoms with Crippen molar-refractivity contribution in [1.82, 2.24) is 29.2 Å². The Labute approximate surface area is 174 Å². The molecule has 0 radical (unpaired) electrons. The van der Waals surface area contributed by atoms with Gasteiger partial charge in [0.05, 0.1) is 25.3 Å². The van der Waals surface area contributed by atoms with Gasteiger partial charge in [-0.2, -0.15) is 5.10 Å². The second-order valence-corrected chi connectivity index (χ2v) is 7.67. The van der Waals surface area contributed by atoms with Gasteiger partial charge in [0.2, 0.25) is 0 Å². The Hall–Kier alpha value is -3.74. The summed E-state index contributed by atoms with van der Waals surface area (Å²) in [5.41, 5.74) is 6.50. The number of amides is 1. The van der Waals surface area contributed by atoms with Crippen molar-refractivity contribution in [3.05, 3.63) is 89.4 Å². The van der Waals surface area contributed by atoms with Crippen LogP contribution in [0, 0.1) is 6.92 Å². The van der Waals surface area contributed by atoms with Crippen molar-refractivity contribution in [2.24, 2.45) is 7.05 Å². The Morgan fingerprint density at radius 3 is 2.83 bits per heavy atom. The second-order valence-electron chi connectivity index (χ2n) is 7.67. The monoisotopic (exact) mass is 398 g/mol. The Bertz CT molecular complexity index is 1220. The van der Waals surface area contributed by atoms with Gasteiger partial charge in [0, 0.05) is 54.3 Å². The highest BCUT2D eigenvalue weighted by Crippen LogP contribution is 2.32. The van der Waals surface area contributed by atoms with E-state index in [0.29, 0.717) is 25.3 Å². The molecule has 0 bridgehead atoms. The van der Waals surface area contributed by atoms with Gasteiger partial charge in [-0.05, 0) is 36.8 Å². The molecular weight excluding hydrogens is 376 g/mol. The molecule has 0 unspecified atom stereocenters. The third-order valence-corrected chi connectivity index (χ3v) is 5.46. The van der Waals surface area contributed by atoms with E-state index >= 15 is 0 Å². The number of nitrogens with zero attached hydrogens (tertiary/aromatic N) is 6. The summed E-state index contributed by atoms with van der Waals surface area (Å²) in [6.07, 6.45) is 7.67. The molecule has 0 saturated heterocycles. The smallest absolute Gasteiger partial charge is 0.273 e. The van der Waals surface area contributed by atoms with Crippen LogP contribution in [-0.4, -0.2) is 35.1 Å². The molecule has 0 N–H and O–H groups in total. The number of fused-ring (bicyclic) bond motifs is 3. The molecule has 0 saturated carbocycles. The zero-order valence-electron chi connectivity index (χ0n) is 17.0. The maximum absolute atomic E-state index is 13.3. The lowest BCUT2D eigenvalue weighted by molar-refractivity contribution is 0.0722. The normalized spacial score (nSPS) is 12.9. The summed E-state index contributed by atoms with van der Waals surface area (Å²) < 4.78 is 3.99. The summed E-state index contributed by atoms with van der Waals surface area (Å²) in [4.78, 5) is 23.7. The first-order valence-corrected chi connectivity index (χ1v) is 9.91. The largest absolute Gasteiger partial charge is 0.352 e. The van der Waals surface area contributed by atoms with Crippen LogP contribution in [0.5, 0.6) is 0 Å². The lowest BCUT2D eigenvalue weighted by Crippen LogP contribution is -2.30. The molecule has 1 aliphatic heterocycles. The molecule has 0 fully saturated rings. The highest BCUT2D eigenvalue weighted by Gasteiger charge is 2.28. The average molecular weight is 398 g/mol. The quantitative estimate of drug-likeness (QED) is 0.531. The van der Waals surface area contributed by atoms with E-state index in [9.17, 15) is 4.79 Å². The lowest BCUT2D eigenvalue weighted by Gasteiger charge is -2.21. The Balaban J connectivity index is 1.53. The number of aryl methyl sites for hydroxylation is 2. The van der Waals surface area contributed by atoms with E-state index in [1.165, 1.54) is 0 Å². The molecule has 0 aromatic carbocycles. The third-order valence-electron chi connectivity index (χ3n) is 5.46. The molecule has 0 atom stereocenters. The van der Waals surface area contributed by atoms with Crippen LogP contribution in [0.25, 0.3) is 11.3 Å². The lowest BCUT2D eigenvalue weighted by atomic mass is 10.1. The van der Waals surface area contributed by atoms with Crippen molar-refractivity contribution in [2.45, 2.75) is 26.6 Å². The van der Waals surface area contributed by atoms with Gasteiger partial charge in [0.15, 0.2) is 0 Å². The maximum atomic E-state index is 13.3. The first kappa shape index (κ1) is 18.3. The summed E-state index contributed by atoms with van der Waals surface area (Å²) in [6.45, 7) is 3.54. The molecule has 7 nitrogen and oxygen atoms in total. The number of hydrogen-bond acceptors (Lipinski definition) is 4. The van der Waals surface area contributed by atoms with Crippen LogP contribution in [0.4, 0.5) is 0 Å². The van der Waals surface area contributed by atoms with Crippen LogP contribution in [0.2, 0.25) is 0 Å². The first-order chi connectivity index (χ1) is 14.6. The van der Waals surface area contributed by atoms with E-state index in [1.807, 2.05) is 66.4 Å². The minimum atomic E-state index is -0.0706. The van der Waals surface area contributed by atoms with Crippen LogP contribution in [0.1, 0.15) is 33.0 Å². The molecule has 1 amide bonds. The number of carbonyl (C=O) groups is 1. The van der Waals surface area contributed by atoms with Crippen LogP contribution < -0.4 is 0 Å². The fraction of sp³-hybridized carbons (Fsp3) is 0.217. The molecule has 5 heterocycles. The van der Waals surface area contributed by atoms with E-state index in [1.54, 1.807) is 12.3 Å². The number of carbonyl (C=O) groups excluding carboxylic acids is 1. The van der Waals surface area contributed by atoms with Crippen LogP contribution in [-0.2, 0) is 26.7 Å².